The first-order chi connectivity index (χ1) is 14.2. The minimum absolute atomic E-state index is 0.357. The molecule has 0 atom stereocenters. The summed E-state index contributed by atoms with van der Waals surface area (Å²) in [6, 6.07) is 3.21. The molecule has 1 aromatic rings. The molecule has 2 aliphatic rings. The number of hydrogen-bond acceptors (Lipinski definition) is 6. The van der Waals surface area contributed by atoms with Crippen LogP contribution in [0.15, 0.2) is 12.1 Å². The first-order valence-electron chi connectivity index (χ1n) is 10.0. The van der Waals surface area contributed by atoms with E-state index < -0.39 is 36.0 Å². The van der Waals surface area contributed by atoms with Crippen LogP contribution in [0, 0.1) is 20.8 Å². The Kier molecular flexibility index (Phi) is 6.28. The lowest BCUT2D eigenvalue weighted by Crippen LogP contribution is -2.51. The maximum atomic E-state index is 12.6. The smallest absolute Gasteiger partial charge is 0.344 e. The molecule has 9 nitrogen and oxygen atoms in total. The van der Waals surface area contributed by atoms with Gasteiger partial charge in [-0.2, -0.15) is 5.01 Å². The second-order valence-corrected chi connectivity index (χ2v) is 7.93. The number of urea groups is 1. The van der Waals surface area contributed by atoms with Gasteiger partial charge in [0.05, 0.1) is 0 Å². The molecule has 2 N–H and O–H groups in total. The molecule has 1 heterocycles. The molecule has 1 saturated carbocycles. The molecule has 162 valence electrons. The highest BCUT2D eigenvalue weighted by Crippen LogP contribution is 2.33. The van der Waals surface area contributed by atoms with E-state index in [0.717, 1.165) is 36.0 Å². The summed E-state index contributed by atoms with van der Waals surface area (Å²) < 4.78 is 10.4. The van der Waals surface area contributed by atoms with Gasteiger partial charge >= 0.3 is 12.0 Å². The Morgan fingerprint density at radius 3 is 2.33 bits per heavy atom. The van der Waals surface area contributed by atoms with E-state index in [1.54, 1.807) is 0 Å². The molecule has 1 spiro atoms. The fourth-order valence-electron chi connectivity index (χ4n) is 4.09. The predicted molar refractivity (Wildman–Crippen MR) is 106 cm³/mol. The van der Waals surface area contributed by atoms with Crippen LogP contribution in [-0.4, -0.2) is 47.6 Å². The molecule has 0 aromatic heterocycles. The van der Waals surface area contributed by atoms with Gasteiger partial charge in [-0.1, -0.05) is 37.0 Å². The summed E-state index contributed by atoms with van der Waals surface area (Å²) in [6.45, 7) is 4.75. The summed E-state index contributed by atoms with van der Waals surface area (Å²) in [5.74, 6) is -1.38. The molecule has 4 amide bonds. The second-order valence-electron chi connectivity index (χ2n) is 7.93. The quantitative estimate of drug-likeness (QED) is 0.539. The van der Waals surface area contributed by atoms with Gasteiger partial charge in [0.1, 0.15) is 11.3 Å². The van der Waals surface area contributed by atoms with Crippen molar-refractivity contribution in [2.24, 2.45) is 0 Å². The molecular formula is C21H27N3O6. The zero-order valence-corrected chi connectivity index (χ0v) is 17.5. The minimum Gasteiger partial charge on any atom is -0.481 e. The third kappa shape index (κ3) is 4.55. The normalized spacial score (nSPS) is 17.6. The number of nitrogens with one attached hydrogen (secondary N) is 2. The molecule has 0 bridgehead atoms. The van der Waals surface area contributed by atoms with Crippen LogP contribution in [0.1, 0.15) is 48.8 Å². The zero-order chi connectivity index (χ0) is 21.9. The summed E-state index contributed by atoms with van der Waals surface area (Å²) in [5, 5.41) is 3.36. The highest BCUT2D eigenvalue weighted by atomic mass is 16.6. The molecule has 30 heavy (non-hydrogen) atoms. The van der Waals surface area contributed by atoms with Crippen molar-refractivity contribution in [3.05, 3.63) is 28.8 Å². The summed E-state index contributed by atoms with van der Waals surface area (Å²) in [5.41, 5.74) is 4.17. The van der Waals surface area contributed by atoms with Gasteiger partial charge < -0.3 is 14.8 Å². The van der Waals surface area contributed by atoms with Crippen LogP contribution < -0.4 is 15.5 Å². The number of carbonyl (C=O) groups is 4. The van der Waals surface area contributed by atoms with E-state index in [4.69, 9.17) is 9.47 Å². The maximum Gasteiger partial charge on any atom is 0.344 e. The van der Waals surface area contributed by atoms with Crippen molar-refractivity contribution in [3.63, 3.8) is 0 Å². The lowest BCUT2D eigenvalue weighted by Gasteiger charge is -2.30. The van der Waals surface area contributed by atoms with Gasteiger partial charge in [-0.25, -0.2) is 9.59 Å². The Hall–Kier alpha value is -3.10. The van der Waals surface area contributed by atoms with Gasteiger partial charge in [0.2, 0.25) is 0 Å². The number of aryl methyl sites for hydroxylation is 3. The first kappa shape index (κ1) is 21.6. The van der Waals surface area contributed by atoms with E-state index in [-0.39, 0.29) is 6.61 Å². The lowest BCUT2D eigenvalue weighted by atomic mass is 9.82. The maximum absolute atomic E-state index is 12.6. The third-order valence-corrected chi connectivity index (χ3v) is 5.41. The molecule has 1 aliphatic heterocycles. The largest absolute Gasteiger partial charge is 0.481 e. The number of hydrogen-bond donors (Lipinski definition) is 2. The summed E-state index contributed by atoms with van der Waals surface area (Å²) in [6.07, 6.45) is 3.79. The summed E-state index contributed by atoms with van der Waals surface area (Å²) in [4.78, 5) is 48.8. The summed E-state index contributed by atoms with van der Waals surface area (Å²) in [7, 11) is 0. The van der Waals surface area contributed by atoms with Gasteiger partial charge in [-0.3, -0.25) is 15.0 Å². The molecule has 0 unspecified atom stereocenters. The number of amides is 4. The molecule has 1 aliphatic carbocycles. The number of esters is 1. The average Bonchev–Trinajstić information content (AvgIpc) is 2.90. The average molecular weight is 417 g/mol. The Morgan fingerprint density at radius 1 is 1.07 bits per heavy atom. The second kappa shape index (κ2) is 8.73. The van der Waals surface area contributed by atoms with Crippen molar-refractivity contribution in [3.8, 4) is 5.75 Å². The summed E-state index contributed by atoms with van der Waals surface area (Å²) >= 11 is 0. The van der Waals surface area contributed by atoms with Crippen LogP contribution in [-0.2, 0) is 19.1 Å². The van der Waals surface area contributed by atoms with E-state index in [1.807, 2.05) is 32.9 Å². The Morgan fingerprint density at radius 2 is 1.70 bits per heavy atom. The van der Waals surface area contributed by atoms with Crippen LogP contribution in [0.25, 0.3) is 0 Å². The van der Waals surface area contributed by atoms with Crippen LogP contribution in [0.3, 0.4) is 0 Å². The number of ether oxygens (including phenoxy) is 2. The first-order valence-corrected chi connectivity index (χ1v) is 10.0. The van der Waals surface area contributed by atoms with Gasteiger partial charge in [0.25, 0.3) is 11.8 Å². The number of imide groups is 1. The van der Waals surface area contributed by atoms with Crippen LogP contribution in [0.5, 0.6) is 5.75 Å². The Bertz CT molecular complexity index is 852. The third-order valence-electron chi connectivity index (χ3n) is 5.41. The zero-order valence-electron chi connectivity index (χ0n) is 17.5. The Balaban J connectivity index is 1.47. The predicted octanol–water partition coefficient (Wildman–Crippen LogP) is 1.82. The fraction of sp³-hybridized carbons (Fsp3) is 0.524. The van der Waals surface area contributed by atoms with Crippen LogP contribution >= 0.6 is 0 Å². The van der Waals surface area contributed by atoms with Crippen molar-refractivity contribution in [2.75, 3.05) is 13.2 Å². The number of hydrazine groups is 1. The number of rotatable bonds is 6. The highest BCUT2D eigenvalue weighted by Gasteiger charge is 2.52. The van der Waals surface area contributed by atoms with E-state index in [2.05, 4.69) is 10.7 Å². The van der Waals surface area contributed by atoms with Crippen LogP contribution in [0.2, 0.25) is 0 Å². The van der Waals surface area contributed by atoms with Crippen molar-refractivity contribution in [1.82, 2.24) is 15.8 Å². The molecule has 9 heteroatoms. The number of benzene rings is 1. The Labute approximate surface area is 175 Å². The van der Waals surface area contributed by atoms with Crippen molar-refractivity contribution < 1.29 is 28.7 Å². The molecule has 0 radical (unpaired) electrons. The topological polar surface area (TPSA) is 114 Å². The molecule has 1 saturated heterocycles. The molecule has 3 rings (SSSR count). The molecule has 1 aromatic carbocycles. The number of nitrogens with zero attached hydrogens (tertiary/aromatic N) is 1. The van der Waals surface area contributed by atoms with E-state index in [9.17, 15) is 19.2 Å². The fourth-order valence-corrected chi connectivity index (χ4v) is 4.09. The standard InChI is InChI=1S/C21H27N3O6/c1-13-9-14(2)18(15(3)10-13)30-12-17(26)29-11-16(25)23-24-19(27)21(22-20(24)28)7-5-4-6-8-21/h9-10H,4-8,11-12H2,1-3H3,(H,22,28)(H,23,25). The van der Waals surface area contributed by atoms with E-state index in [0.29, 0.717) is 23.6 Å². The lowest BCUT2D eigenvalue weighted by molar-refractivity contribution is -0.152. The van der Waals surface area contributed by atoms with Gasteiger partial charge in [-0.15, -0.1) is 0 Å². The van der Waals surface area contributed by atoms with Crippen molar-refractivity contribution in [1.29, 1.82) is 0 Å². The van der Waals surface area contributed by atoms with Crippen molar-refractivity contribution in [2.45, 2.75) is 58.4 Å². The van der Waals surface area contributed by atoms with E-state index in [1.165, 1.54) is 0 Å². The monoisotopic (exact) mass is 417 g/mol. The molecule has 2 fully saturated rings. The SMILES string of the molecule is Cc1cc(C)c(OCC(=O)OCC(=O)NN2C(=O)NC3(CCCCC3)C2=O)c(C)c1. The minimum atomic E-state index is -0.934. The highest BCUT2D eigenvalue weighted by molar-refractivity contribution is 6.08. The van der Waals surface area contributed by atoms with Gasteiger partial charge in [0.15, 0.2) is 13.2 Å². The van der Waals surface area contributed by atoms with Crippen LogP contribution in [0.4, 0.5) is 4.79 Å². The number of carbonyl (C=O) groups excluding carboxylic acids is 4. The molecular weight excluding hydrogens is 390 g/mol. The van der Waals surface area contributed by atoms with Gasteiger partial charge in [-0.05, 0) is 44.7 Å². The van der Waals surface area contributed by atoms with Crippen molar-refractivity contribution >= 4 is 23.8 Å². The van der Waals surface area contributed by atoms with E-state index >= 15 is 0 Å². The van der Waals surface area contributed by atoms with Gasteiger partial charge in [0, 0.05) is 0 Å².